The van der Waals surface area contributed by atoms with Gasteiger partial charge in [0.25, 0.3) is 0 Å². The summed E-state index contributed by atoms with van der Waals surface area (Å²) in [7, 11) is 0. The first-order valence-electron chi connectivity index (χ1n) is 11.1. The zero-order valence-electron chi connectivity index (χ0n) is 20.4. The molecule has 2 heterocycles. The topological polar surface area (TPSA) is 73.7 Å². The van der Waals surface area contributed by atoms with Gasteiger partial charge in [0.05, 0.1) is 17.7 Å². The van der Waals surface area contributed by atoms with E-state index in [9.17, 15) is 14.3 Å². The molecule has 176 valence electrons. The van der Waals surface area contributed by atoms with Crippen LogP contribution in [-0.4, -0.2) is 39.9 Å². The number of aryl methyl sites for hydroxylation is 1. The number of carboxylic acids is 1. The van der Waals surface area contributed by atoms with Gasteiger partial charge in [-0.3, -0.25) is 9.78 Å². The van der Waals surface area contributed by atoms with Gasteiger partial charge < -0.3 is 15.1 Å². The quantitative estimate of drug-likeness (QED) is 0.648. The van der Waals surface area contributed by atoms with Crippen molar-refractivity contribution in [3.8, 4) is 11.1 Å². The van der Waals surface area contributed by atoms with Gasteiger partial charge >= 0.3 is 5.97 Å². The number of rotatable bonds is 4. The number of hydrogen-bond acceptors (Lipinski definition) is 4. The second kappa shape index (κ2) is 9.99. The van der Waals surface area contributed by atoms with E-state index in [4.69, 9.17) is 5.11 Å². The molecule has 32 heavy (non-hydrogen) atoms. The minimum Gasteiger partial charge on any atom is -0.481 e. The Morgan fingerprint density at radius 1 is 1.16 bits per heavy atom. The number of anilines is 1. The Bertz CT molecular complexity index is 948. The Morgan fingerprint density at radius 3 is 2.25 bits per heavy atom. The summed E-state index contributed by atoms with van der Waals surface area (Å²) in [4.78, 5) is 18.2. The predicted octanol–water partition coefficient (Wildman–Crippen LogP) is 5.54. The van der Waals surface area contributed by atoms with Crippen LogP contribution in [0.3, 0.4) is 0 Å². The van der Waals surface area contributed by atoms with Gasteiger partial charge in [-0.25, -0.2) is 4.39 Å². The summed E-state index contributed by atoms with van der Waals surface area (Å²) in [5, 5.41) is 18.0. The third-order valence-corrected chi connectivity index (χ3v) is 5.68. The lowest BCUT2D eigenvalue weighted by molar-refractivity contribution is -0.136. The number of hydrogen-bond donors (Lipinski definition) is 2. The Labute approximate surface area is 191 Å². The molecule has 0 spiro atoms. The Kier molecular flexibility index (Phi) is 8.05. The zero-order chi connectivity index (χ0) is 24.3. The lowest BCUT2D eigenvalue weighted by atomic mass is 9.82. The molecule has 3 rings (SSSR count). The van der Waals surface area contributed by atoms with Gasteiger partial charge in [0.15, 0.2) is 0 Å². The third kappa shape index (κ3) is 7.02. The standard InChI is InChI=1S/C22H27FN2O2.C4H10O/c1-14-16(6-5-7-19(14)23)18-13-24-15(2)17(12-20(26)27)21(18)25-10-8-22(3,4)9-11-25;1-4(2,3)5/h5-7,13H,8-12H2,1-4H3,(H,26,27);5H,1-3H3. The lowest BCUT2D eigenvalue weighted by Gasteiger charge is -2.40. The fourth-order valence-electron chi connectivity index (χ4n) is 3.79. The molecule has 1 fully saturated rings. The summed E-state index contributed by atoms with van der Waals surface area (Å²) in [6, 6.07) is 5.02. The maximum Gasteiger partial charge on any atom is 0.307 e. The smallest absolute Gasteiger partial charge is 0.307 e. The molecule has 1 aromatic heterocycles. The van der Waals surface area contributed by atoms with Crippen LogP contribution < -0.4 is 4.90 Å². The number of benzene rings is 1. The van der Waals surface area contributed by atoms with Crippen molar-refractivity contribution in [2.24, 2.45) is 5.41 Å². The Balaban J connectivity index is 0.000000654. The molecule has 0 aliphatic carbocycles. The normalized spacial score (nSPS) is 15.7. The van der Waals surface area contributed by atoms with Crippen LogP contribution >= 0.6 is 0 Å². The van der Waals surface area contributed by atoms with E-state index in [1.54, 1.807) is 40.0 Å². The third-order valence-electron chi connectivity index (χ3n) is 5.68. The number of carboxylic acid groups (broad SMARTS) is 1. The zero-order valence-corrected chi connectivity index (χ0v) is 20.4. The van der Waals surface area contributed by atoms with Crippen LogP contribution in [0.2, 0.25) is 0 Å². The maximum atomic E-state index is 14.2. The first kappa shape index (κ1) is 25.8. The van der Waals surface area contributed by atoms with Gasteiger partial charge in [-0.2, -0.15) is 0 Å². The number of carbonyl (C=O) groups is 1. The fraction of sp³-hybridized carbons (Fsp3) is 0.538. The largest absolute Gasteiger partial charge is 0.481 e. The van der Waals surface area contributed by atoms with Crippen LogP contribution in [0.4, 0.5) is 10.1 Å². The van der Waals surface area contributed by atoms with Crippen molar-refractivity contribution in [2.75, 3.05) is 18.0 Å². The predicted molar refractivity (Wildman–Crippen MR) is 128 cm³/mol. The van der Waals surface area contributed by atoms with Crippen LogP contribution in [0, 0.1) is 25.1 Å². The number of nitrogens with zero attached hydrogens (tertiary/aromatic N) is 2. The summed E-state index contributed by atoms with van der Waals surface area (Å²) in [5.74, 6) is -1.15. The van der Waals surface area contributed by atoms with Gasteiger partial charge in [-0.15, -0.1) is 0 Å². The number of piperidine rings is 1. The number of aliphatic carboxylic acids is 1. The number of pyridine rings is 1. The first-order chi connectivity index (χ1) is 14.7. The molecule has 0 bridgehead atoms. The van der Waals surface area contributed by atoms with Gasteiger partial charge in [-0.05, 0) is 70.1 Å². The van der Waals surface area contributed by atoms with E-state index in [0.29, 0.717) is 5.56 Å². The second-order valence-corrected chi connectivity index (χ2v) is 10.4. The van der Waals surface area contributed by atoms with Crippen molar-refractivity contribution in [1.82, 2.24) is 4.98 Å². The van der Waals surface area contributed by atoms with Gasteiger partial charge in [0.1, 0.15) is 5.82 Å². The highest BCUT2D eigenvalue weighted by molar-refractivity contribution is 5.85. The number of aromatic nitrogens is 1. The van der Waals surface area contributed by atoms with Crippen LogP contribution in [0.1, 0.15) is 64.3 Å². The van der Waals surface area contributed by atoms with Gasteiger partial charge in [0.2, 0.25) is 0 Å². The molecule has 1 aliphatic rings. The highest BCUT2D eigenvalue weighted by Crippen LogP contribution is 2.40. The average Bonchev–Trinajstić information content (AvgIpc) is 2.64. The number of aliphatic hydroxyl groups is 1. The summed E-state index contributed by atoms with van der Waals surface area (Å²) in [5.41, 5.74) is 4.26. The molecule has 0 amide bonds. The molecule has 1 saturated heterocycles. The number of halogens is 1. The highest BCUT2D eigenvalue weighted by Gasteiger charge is 2.29. The minimum absolute atomic E-state index is 0.0870. The van der Waals surface area contributed by atoms with E-state index in [1.165, 1.54) is 6.07 Å². The molecule has 6 heteroatoms. The van der Waals surface area contributed by atoms with Crippen molar-refractivity contribution in [3.05, 3.63) is 47.0 Å². The molecule has 2 aromatic rings. The fourth-order valence-corrected chi connectivity index (χ4v) is 3.79. The Hall–Kier alpha value is -2.47. The van der Waals surface area contributed by atoms with Crippen LogP contribution in [0.5, 0.6) is 0 Å². The molecular weight excluding hydrogens is 407 g/mol. The summed E-state index contributed by atoms with van der Waals surface area (Å²) in [6.07, 6.45) is 3.73. The first-order valence-corrected chi connectivity index (χ1v) is 11.1. The molecule has 2 N–H and O–H groups in total. The molecular formula is C26H37FN2O3. The monoisotopic (exact) mass is 444 g/mol. The van der Waals surface area contributed by atoms with E-state index in [0.717, 1.165) is 54.0 Å². The molecule has 1 aliphatic heterocycles. The molecule has 0 saturated carbocycles. The van der Waals surface area contributed by atoms with E-state index in [-0.39, 0.29) is 17.7 Å². The molecule has 5 nitrogen and oxygen atoms in total. The lowest BCUT2D eigenvalue weighted by Crippen LogP contribution is -2.38. The highest BCUT2D eigenvalue weighted by atomic mass is 19.1. The van der Waals surface area contributed by atoms with Crippen LogP contribution in [-0.2, 0) is 11.2 Å². The molecule has 0 unspecified atom stereocenters. The van der Waals surface area contributed by atoms with Crippen molar-refractivity contribution in [2.45, 2.75) is 73.3 Å². The summed E-state index contributed by atoms with van der Waals surface area (Å²) < 4.78 is 14.2. The van der Waals surface area contributed by atoms with E-state index >= 15 is 0 Å². The van der Waals surface area contributed by atoms with Crippen LogP contribution in [0.25, 0.3) is 11.1 Å². The van der Waals surface area contributed by atoms with E-state index in [1.807, 2.05) is 13.0 Å². The summed E-state index contributed by atoms with van der Waals surface area (Å²) >= 11 is 0. The van der Waals surface area contributed by atoms with Gasteiger partial charge in [0, 0.05) is 36.1 Å². The second-order valence-electron chi connectivity index (χ2n) is 10.4. The molecule has 0 atom stereocenters. The molecule has 1 aromatic carbocycles. The van der Waals surface area contributed by atoms with E-state index < -0.39 is 11.6 Å². The van der Waals surface area contributed by atoms with Crippen molar-refractivity contribution < 1.29 is 19.4 Å². The van der Waals surface area contributed by atoms with Crippen molar-refractivity contribution in [3.63, 3.8) is 0 Å². The van der Waals surface area contributed by atoms with Crippen molar-refractivity contribution >= 4 is 11.7 Å². The summed E-state index contributed by atoms with van der Waals surface area (Å²) in [6.45, 7) is 15.1. The Morgan fingerprint density at radius 2 is 1.72 bits per heavy atom. The maximum absolute atomic E-state index is 14.2. The van der Waals surface area contributed by atoms with Gasteiger partial charge in [-0.1, -0.05) is 26.0 Å². The average molecular weight is 445 g/mol. The van der Waals surface area contributed by atoms with Crippen LogP contribution in [0.15, 0.2) is 24.4 Å². The SMILES string of the molecule is CC(C)(C)O.Cc1ncc(-c2cccc(F)c2C)c(N2CCC(C)(C)CC2)c1CC(=O)O. The van der Waals surface area contributed by atoms with Crippen molar-refractivity contribution in [1.29, 1.82) is 0 Å². The minimum atomic E-state index is -0.883. The van der Waals surface area contributed by atoms with E-state index in [2.05, 4.69) is 23.7 Å². The molecule has 0 radical (unpaired) electrons.